The molecule has 0 N–H and O–H groups in total. The molecular weight excluding hydrogens is 358 g/mol. The highest BCUT2D eigenvalue weighted by molar-refractivity contribution is 6.31. The number of ketones is 1. The summed E-state index contributed by atoms with van der Waals surface area (Å²) in [7, 11) is 0. The number of hydrogen-bond donors (Lipinski definition) is 0. The molecule has 0 unspecified atom stereocenters. The summed E-state index contributed by atoms with van der Waals surface area (Å²) < 4.78 is 5.55. The van der Waals surface area contributed by atoms with Gasteiger partial charge in [0.2, 0.25) is 0 Å². The smallest absolute Gasteiger partial charge is 0.140 e. The van der Waals surface area contributed by atoms with Gasteiger partial charge in [-0.1, -0.05) is 49.7 Å². The minimum Gasteiger partial charge on any atom is -0.361 e. The number of nitrogens with zero attached hydrogens (tertiary/aromatic N) is 1. The van der Waals surface area contributed by atoms with Gasteiger partial charge in [0.25, 0.3) is 0 Å². The third-order valence-electron chi connectivity index (χ3n) is 5.37. The fourth-order valence-corrected chi connectivity index (χ4v) is 4.31. The van der Waals surface area contributed by atoms with E-state index in [1.807, 2.05) is 31.2 Å². The Morgan fingerprint density at radius 1 is 1.26 bits per heavy atom. The number of carbonyl (C=O) groups is 1. The largest absolute Gasteiger partial charge is 0.361 e. The number of halogens is 1. The lowest BCUT2D eigenvalue weighted by Crippen LogP contribution is -2.25. The molecule has 0 radical (unpaired) electrons. The van der Waals surface area contributed by atoms with E-state index in [0.717, 1.165) is 28.5 Å². The van der Waals surface area contributed by atoms with Gasteiger partial charge in [-0.15, -0.1) is 0 Å². The highest BCUT2D eigenvalue weighted by Gasteiger charge is 2.35. The molecule has 1 aromatic carbocycles. The highest BCUT2D eigenvalue weighted by atomic mass is 35.5. The maximum absolute atomic E-state index is 12.3. The third-order valence-corrected chi connectivity index (χ3v) is 5.72. The summed E-state index contributed by atoms with van der Waals surface area (Å²) in [6, 6.07) is 7.88. The fraction of sp³-hybridized carbons (Fsp3) is 0.565. The Morgan fingerprint density at radius 2 is 2.00 bits per heavy atom. The predicted molar refractivity (Wildman–Crippen MR) is 109 cm³/mol. The Kier molecular flexibility index (Phi) is 6.10. The van der Waals surface area contributed by atoms with Crippen LogP contribution in [0.5, 0.6) is 0 Å². The SMILES string of the molecule is Cc1ccc(CC(=O)CCc2cc(C3CC(CC(C)(C)C)C3)on2)c(Cl)c1. The zero-order valence-electron chi connectivity index (χ0n) is 16.8. The fourth-order valence-electron chi connectivity index (χ4n) is 4.00. The van der Waals surface area contributed by atoms with Crippen LogP contribution in [0.4, 0.5) is 0 Å². The van der Waals surface area contributed by atoms with Gasteiger partial charge in [0.1, 0.15) is 11.5 Å². The van der Waals surface area contributed by atoms with Crippen molar-refractivity contribution in [1.29, 1.82) is 0 Å². The molecule has 4 heteroatoms. The average Bonchev–Trinajstić information content (AvgIpc) is 2.99. The van der Waals surface area contributed by atoms with Gasteiger partial charge in [0, 0.05) is 36.3 Å². The summed E-state index contributed by atoms with van der Waals surface area (Å²) >= 11 is 6.22. The Hall–Kier alpha value is -1.61. The van der Waals surface area contributed by atoms with Crippen molar-refractivity contribution in [2.45, 2.75) is 72.1 Å². The predicted octanol–water partition coefficient (Wildman–Crippen LogP) is 6.31. The molecule has 146 valence electrons. The van der Waals surface area contributed by atoms with E-state index in [1.165, 1.54) is 19.3 Å². The molecule has 1 aromatic heterocycles. The van der Waals surface area contributed by atoms with Crippen molar-refractivity contribution in [2.75, 3.05) is 0 Å². The molecule has 3 nitrogen and oxygen atoms in total. The van der Waals surface area contributed by atoms with E-state index in [0.29, 0.717) is 35.6 Å². The van der Waals surface area contributed by atoms with E-state index >= 15 is 0 Å². The van der Waals surface area contributed by atoms with Gasteiger partial charge >= 0.3 is 0 Å². The molecule has 0 atom stereocenters. The average molecular weight is 388 g/mol. The van der Waals surface area contributed by atoms with E-state index < -0.39 is 0 Å². The van der Waals surface area contributed by atoms with E-state index in [2.05, 4.69) is 25.9 Å². The zero-order chi connectivity index (χ0) is 19.6. The maximum Gasteiger partial charge on any atom is 0.140 e. The van der Waals surface area contributed by atoms with Crippen LogP contribution < -0.4 is 0 Å². The van der Waals surface area contributed by atoms with Gasteiger partial charge in [0.05, 0.1) is 5.69 Å². The molecule has 0 saturated heterocycles. The van der Waals surface area contributed by atoms with Crippen molar-refractivity contribution in [3.05, 3.63) is 51.9 Å². The van der Waals surface area contributed by atoms with E-state index in [4.69, 9.17) is 16.1 Å². The van der Waals surface area contributed by atoms with Gasteiger partial charge in [-0.05, 0) is 54.7 Å². The number of aryl methyl sites for hydroxylation is 2. The Bertz CT molecular complexity index is 797. The Labute approximate surface area is 167 Å². The summed E-state index contributed by atoms with van der Waals surface area (Å²) in [5.74, 6) is 2.47. The van der Waals surface area contributed by atoms with E-state index in [-0.39, 0.29) is 5.78 Å². The monoisotopic (exact) mass is 387 g/mol. The minimum atomic E-state index is 0.180. The molecule has 1 fully saturated rings. The number of benzene rings is 1. The lowest BCUT2D eigenvalue weighted by atomic mass is 9.67. The summed E-state index contributed by atoms with van der Waals surface area (Å²) in [4.78, 5) is 12.3. The second kappa shape index (κ2) is 8.18. The van der Waals surface area contributed by atoms with Crippen LogP contribution in [0.3, 0.4) is 0 Å². The van der Waals surface area contributed by atoms with Crippen LogP contribution in [0.15, 0.2) is 28.8 Å². The second-order valence-electron chi connectivity index (χ2n) is 9.33. The van der Waals surface area contributed by atoms with E-state index in [9.17, 15) is 4.79 Å². The van der Waals surface area contributed by atoms with Crippen molar-refractivity contribution in [3.63, 3.8) is 0 Å². The zero-order valence-corrected chi connectivity index (χ0v) is 17.6. The van der Waals surface area contributed by atoms with Crippen LogP contribution in [0, 0.1) is 18.3 Å². The molecule has 0 aliphatic heterocycles. The summed E-state index contributed by atoms with van der Waals surface area (Å²) in [6.45, 7) is 8.89. The van der Waals surface area contributed by atoms with Gasteiger partial charge in [-0.3, -0.25) is 4.79 Å². The van der Waals surface area contributed by atoms with Crippen LogP contribution in [0.2, 0.25) is 5.02 Å². The molecule has 1 aliphatic carbocycles. The highest BCUT2D eigenvalue weighted by Crippen LogP contribution is 2.46. The minimum absolute atomic E-state index is 0.180. The molecule has 27 heavy (non-hydrogen) atoms. The third kappa shape index (κ3) is 5.68. The van der Waals surface area contributed by atoms with Crippen molar-refractivity contribution in [1.82, 2.24) is 5.16 Å². The molecule has 0 amide bonds. The van der Waals surface area contributed by atoms with Crippen LogP contribution in [0.1, 0.15) is 75.0 Å². The van der Waals surface area contributed by atoms with Crippen molar-refractivity contribution < 1.29 is 9.32 Å². The lowest BCUT2D eigenvalue weighted by molar-refractivity contribution is -0.118. The van der Waals surface area contributed by atoms with Gasteiger partial charge < -0.3 is 4.52 Å². The number of Topliss-reactive ketones (excluding diaryl/α,β-unsaturated/α-hetero) is 1. The molecule has 0 spiro atoms. The van der Waals surface area contributed by atoms with Gasteiger partial charge in [0.15, 0.2) is 0 Å². The first kappa shape index (κ1) is 20.1. The van der Waals surface area contributed by atoms with E-state index in [1.54, 1.807) is 0 Å². The summed E-state index contributed by atoms with van der Waals surface area (Å²) in [5, 5.41) is 4.84. The first-order chi connectivity index (χ1) is 12.7. The van der Waals surface area contributed by atoms with Crippen molar-refractivity contribution in [2.24, 2.45) is 11.3 Å². The van der Waals surface area contributed by atoms with Crippen LogP contribution in [-0.2, 0) is 17.6 Å². The van der Waals surface area contributed by atoms with Crippen LogP contribution in [-0.4, -0.2) is 10.9 Å². The first-order valence-corrected chi connectivity index (χ1v) is 10.3. The molecule has 1 aliphatic rings. The Morgan fingerprint density at radius 3 is 2.67 bits per heavy atom. The standard InChI is InChI=1S/C23H30ClNO2/c1-15-5-6-17(21(24)9-15)12-20(26)8-7-19-13-22(27-25-19)18-10-16(11-18)14-23(2,3)4/h5-6,9,13,16,18H,7-8,10-12,14H2,1-4H3. The van der Waals surface area contributed by atoms with Gasteiger partial charge in [-0.2, -0.15) is 0 Å². The number of hydrogen-bond acceptors (Lipinski definition) is 3. The molecule has 3 rings (SSSR count). The summed E-state index contributed by atoms with van der Waals surface area (Å²) in [6.07, 6.45) is 5.12. The topological polar surface area (TPSA) is 43.1 Å². The molecule has 2 aromatic rings. The number of aromatic nitrogens is 1. The molecule has 1 heterocycles. The number of carbonyl (C=O) groups excluding carboxylic acids is 1. The van der Waals surface area contributed by atoms with Crippen molar-refractivity contribution >= 4 is 17.4 Å². The number of rotatable bonds is 7. The molecule has 0 bridgehead atoms. The first-order valence-electron chi connectivity index (χ1n) is 9.92. The normalized spacial score (nSPS) is 19.7. The quantitative estimate of drug-likeness (QED) is 0.559. The van der Waals surface area contributed by atoms with Crippen molar-refractivity contribution in [3.8, 4) is 0 Å². The summed E-state index contributed by atoms with van der Waals surface area (Å²) in [5.41, 5.74) is 3.27. The molecule has 1 saturated carbocycles. The maximum atomic E-state index is 12.3. The van der Waals surface area contributed by atoms with Gasteiger partial charge in [-0.25, -0.2) is 0 Å². The van der Waals surface area contributed by atoms with Crippen LogP contribution in [0.25, 0.3) is 0 Å². The Balaban J connectivity index is 1.45. The second-order valence-corrected chi connectivity index (χ2v) is 9.74. The lowest BCUT2D eigenvalue weighted by Gasteiger charge is -2.37. The molecular formula is C23H30ClNO2. The van der Waals surface area contributed by atoms with Crippen LogP contribution >= 0.6 is 11.6 Å².